The molecule has 38 heavy (non-hydrogen) atoms. The van der Waals surface area contributed by atoms with E-state index in [0.29, 0.717) is 41.2 Å². The average Bonchev–Trinajstić information content (AvgIpc) is 3.28. The number of piperazine rings is 1. The highest BCUT2D eigenvalue weighted by Crippen LogP contribution is 2.36. The molecule has 2 aliphatic rings. The molecular formula is C27H32N6O4S. The van der Waals surface area contributed by atoms with Crippen LogP contribution in [0.4, 0.5) is 11.5 Å². The molecule has 1 unspecified atom stereocenters. The number of para-hydroxylation sites is 1. The lowest BCUT2D eigenvalue weighted by Gasteiger charge is -2.36. The van der Waals surface area contributed by atoms with Crippen molar-refractivity contribution in [2.45, 2.75) is 18.9 Å². The van der Waals surface area contributed by atoms with Crippen LogP contribution in [0.3, 0.4) is 0 Å². The summed E-state index contributed by atoms with van der Waals surface area (Å²) in [6, 6.07) is 13.4. The van der Waals surface area contributed by atoms with Gasteiger partial charge in [0.2, 0.25) is 10.7 Å². The van der Waals surface area contributed by atoms with Crippen LogP contribution in [0, 0.1) is 4.77 Å². The number of ether oxygens (including phenoxy) is 2. The molecule has 0 spiro atoms. The van der Waals surface area contributed by atoms with Gasteiger partial charge in [-0.05, 0) is 36.8 Å². The Labute approximate surface area is 226 Å². The van der Waals surface area contributed by atoms with Crippen LogP contribution in [0.15, 0.2) is 42.5 Å². The Bertz CT molecular complexity index is 1390. The van der Waals surface area contributed by atoms with Gasteiger partial charge in [-0.2, -0.15) is 0 Å². The first-order valence-corrected chi connectivity index (χ1v) is 13.2. The molecule has 5 rings (SSSR count). The third-order valence-corrected chi connectivity index (χ3v) is 7.40. The van der Waals surface area contributed by atoms with E-state index in [0.717, 1.165) is 32.7 Å². The Kier molecular flexibility index (Phi) is 7.75. The Morgan fingerprint density at radius 3 is 2.53 bits per heavy atom. The van der Waals surface area contributed by atoms with E-state index in [2.05, 4.69) is 49.7 Å². The number of anilines is 2. The maximum Gasteiger partial charge on any atom is 0.257 e. The summed E-state index contributed by atoms with van der Waals surface area (Å²) in [5.41, 5.74) is 1.85. The highest BCUT2D eigenvalue weighted by molar-refractivity contribution is 7.71. The van der Waals surface area contributed by atoms with Gasteiger partial charge in [-0.3, -0.25) is 14.5 Å². The number of carbonyl (C=O) groups excluding carboxylic acids is 2. The minimum atomic E-state index is -0.561. The molecule has 0 radical (unpaired) electrons. The molecule has 1 saturated heterocycles. The third-order valence-electron chi connectivity index (χ3n) is 7.12. The van der Waals surface area contributed by atoms with Gasteiger partial charge in [-0.15, -0.1) is 0 Å². The van der Waals surface area contributed by atoms with Gasteiger partial charge in [0.25, 0.3) is 5.91 Å². The van der Waals surface area contributed by atoms with E-state index < -0.39 is 6.04 Å². The molecule has 0 bridgehead atoms. The van der Waals surface area contributed by atoms with Crippen LogP contribution >= 0.6 is 12.2 Å². The largest absolute Gasteiger partial charge is 0.493 e. The maximum atomic E-state index is 13.1. The normalized spacial score (nSPS) is 17.3. The molecule has 2 aromatic carbocycles. The maximum absolute atomic E-state index is 13.1. The summed E-state index contributed by atoms with van der Waals surface area (Å²) in [5.74, 6) is 1.34. The molecule has 0 saturated carbocycles. The molecule has 200 valence electrons. The minimum absolute atomic E-state index is 0.0727. The molecule has 1 aromatic heterocycles. The molecule has 3 aromatic rings. The second kappa shape index (κ2) is 11.4. The molecule has 2 N–H and O–H groups in total. The number of hydrogen-bond donors (Lipinski definition) is 2. The zero-order valence-corrected chi connectivity index (χ0v) is 22.4. The van der Waals surface area contributed by atoms with Gasteiger partial charge in [-0.25, -0.2) is 9.55 Å². The molecule has 0 aliphatic carbocycles. The highest BCUT2D eigenvalue weighted by atomic mass is 32.1. The summed E-state index contributed by atoms with van der Waals surface area (Å²) in [7, 11) is 3.10. The summed E-state index contributed by atoms with van der Waals surface area (Å²) in [6.07, 6.45) is 0.584. The van der Waals surface area contributed by atoms with Gasteiger partial charge in [0.05, 0.1) is 19.7 Å². The molecule has 1 fully saturated rings. The van der Waals surface area contributed by atoms with Crippen molar-refractivity contribution in [3.63, 3.8) is 0 Å². The van der Waals surface area contributed by atoms with Crippen LogP contribution in [0.5, 0.6) is 11.5 Å². The standard InChI is InChI=1S/C27H32N6O4S/c1-36-22-16-19-21(17-23(22)37-2)30-27(38)33-25(19)29-20(26(33)35)8-9-24(34)28-10-11-31-12-14-32(15-13-31)18-6-4-3-5-7-18/h3-7,16-17,20,29H,8-15H2,1-2H3,(H,28,34). The molecule has 1 amide bonds. The van der Waals surface area contributed by atoms with Crippen molar-refractivity contribution in [3.8, 4) is 11.5 Å². The molecule has 3 heterocycles. The number of fused-ring (bicyclic) bond motifs is 3. The number of methoxy groups -OCH3 is 2. The fourth-order valence-electron chi connectivity index (χ4n) is 5.03. The quantitative estimate of drug-likeness (QED) is 0.400. The predicted octanol–water partition coefficient (Wildman–Crippen LogP) is 2.94. The summed E-state index contributed by atoms with van der Waals surface area (Å²) >= 11 is 5.40. The number of aromatic nitrogens is 2. The predicted molar refractivity (Wildman–Crippen MR) is 149 cm³/mol. The lowest BCUT2D eigenvalue weighted by Crippen LogP contribution is -2.48. The number of hydrogen-bond acceptors (Lipinski definition) is 9. The van der Waals surface area contributed by atoms with Crippen LogP contribution in [0.1, 0.15) is 17.6 Å². The summed E-state index contributed by atoms with van der Waals surface area (Å²) in [4.78, 5) is 34.8. The Hall–Kier alpha value is -3.70. The fourth-order valence-corrected chi connectivity index (χ4v) is 5.31. The van der Waals surface area contributed by atoms with Crippen molar-refractivity contribution in [2.75, 3.05) is 63.7 Å². The third kappa shape index (κ3) is 5.30. The van der Waals surface area contributed by atoms with Gasteiger partial charge in [0, 0.05) is 62.8 Å². The van der Waals surface area contributed by atoms with Gasteiger partial charge >= 0.3 is 0 Å². The molecule has 11 heteroatoms. The number of benzene rings is 2. The van der Waals surface area contributed by atoms with Crippen molar-refractivity contribution >= 4 is 46.4 Å². The van der Waals surface area contributed by atoms with Crippen molar-refractivity contribution in [3.05, 3.63) is 47.2 Å². The molecule has 2 aliphatic heterocycles. The Morgan fingerprint density at radius 1 is 1.11 bits per heavy atom. The van der Waals surface area contributed by atoms with E-state index in [1.807, 2.05) is 6.07 Å². The average molecular weight is 537 g/mol. The zero-order valence-electron chi connectivity index (χ0n) is 21.6. The van der Waals surface area contributed by atoms with E-state index in [1.54, 1.807) is 26.4 Å². The summed E-state index contributed by atoms with van der Waals surface area (Å²) < 4.78 is 12.3. The van der Waals surface area contributed by atoms with E-state index in [-0.39, 0.29) is 23.0 Å². The first-order valence-electron chi connectivity index (χ1n) is 12.8. The van der Waals surface area contributed by atoms with E-state index in [1.165, 1.54) is 10.3 Å². The van der Waals surface area contributed by atoms with Crippen molar-refractivity contribution in [2.24, 2.45) is 0 Å². The number of rotatable bonds is 9. The SMILES string of the molecule is COc1cc2nc(=S)n3c(c2cc1OC)NC(CCC(=O)NCCN1CCN(c2ccccc2)CC1)C3=O. The monoisotopic (exact) mass is 536 g/mol. The molecule has 1 atom stereocenters. The fraction of sp³-hybridized carbons (Fsp3) is 0.407. The second-order valence-electron chi connectivity index (χ2n) is 9.39. The van der Waals surface area contributed by atoms with Crippen LogP contribution in [0.25, 0.3) is 10.9 Å². The number of nitrogens with one attached hydrogen (secondary N) is 2. The molecule has 10 nitrogen and oxygen atoms in total. The number of amides is 1. The topological polar surface area (TPSA) is 101 Å². The van der Waals surface area contributed by atoms with Gasteiger partial charge < -0.3 is 25.0 Å². The van der Waals surface area contributed by atoms with E-state index in [4.69, 9.17) is 21.7 Å². The summed E-state index contributed by atoms with van der Waals surface area (Å²) in [5, 5.41) is 6.95. The smallest absolute Gasteiger partial charge is 0.257 e. The summed E-state index contributed by atoms with van der Waals surface area (Å²) in [6.45, 7) is 5.25. The van der Waals surface area contributed by atoms with Crippen molar-refractivity contribution in [1.29, 1.82) is 0 Å². The van der Waals surface area contributed by atoms with Crippen LogP contribution in [-0.4, -0.2) is 85.8 Å². The first kappa shape index (κ1) is 25.9. The molecular weight excluding hydrogens is 504 g/mol. The van der Waals surface area contributed by atoms with Gasteiger partial charge in [0.1, 0.15) is 11.9 Å². The van der Waals surface area contributed by atoms with Crippen LogP contribution in [-0.2, 0) is 4.79 Å². The lowest BCUT2D eigenvalue weighted by molar-refractivity contribution is -0.121. The Balaban J connectivity index is 1.12. The number of nitrogens with zero attached hydrogens (tertiary/aromatic N) is 4. The van der Waals surface area contributed by atoms with E-state index in [9.17, 15) is 9.59 Å². The second-order valence-corrected chi connectivity index (χ2v) is 9.76. The first-order chi connectivity index (χ1) is 18.5. The number of carbonyl (C=O) groups is 2. The van der Waals surface area contributed by atoms with Crippen LogP contribution in [0.2, 0.25) is 0 Å². The lowest BCUT2D eigenvalue weighted by atomic mass is 10.1. The highest BCUT2D eigenvalue weighted by Gasteiger charge is 2.32. The minimum Gasteiger partial charge on any atom is -0.493 e. The van der Waals surface area contributed by atoms with Crippen molar-refractivity contribution in [1.82, 2.24) is 19.8 Å². The van der Waals surface area contributed by atoms with Crippen LogP contribution < -0.4 is 25.0 Å². The van der Waals surface area contributed by atoms with E-state index >= 15 is 0 Å². The van der Waals surface area contributed by atoms with Gasteiger partial charge in [-0.1, -0.05) is 18.2 Å². The Morgan fingerprint density at radius 2 is 1.82 bits per heavy atom. The van der Waals surface area contributed by atoms with Gasteiger partial charge in [0.15, 0.2) is 11.5 Å². The van der Waals surface area contributed by atoms with Crippen molar-refractivity contribution < 1.29 is 19.1 Å². The zero-order chi connectivity index (χ0) is 26.6.